The maximum atomic E-state index is 11.9. The Balaban J connectivity index is 1.45. The van der Waals surface area contributed by atoms with E-state index in [0.717, 1.165) is 11.3 Å². The molecule has 10 heteroatoms. The lowest BCUT2D eigenvalue weighted by molar-refractivity contribution is -0.383. The lowest BCUT2D eigenvalue weighted by Crippen LogP contribution is -2.36. The van der Waals surface area contributed by atoms with Crippen LogP contribution in [-0.2, 0) is 9.59 Å². The van der Waals surface area contributed by atoms with Gasteiger partial charge in [-0.3, -0.25) is 19.7 Å². The predicted octanol–water partition coefficient (Wildman–Crippen LogP) is 2.83. The number of thioether (sulfide) groups is 1. The molecule has 0 aliphatic rings. The number of carbonyl (C=O) groups excluding carboxylic acids is 2. The van der Waals surface area contributed by atoms with Gasteiger partial charge in [0, 0.05) is 18.4 Å². The average Bonchev–Trinajstić information content (AvgIpc) is 3.21. The van der Waals surface area contributed by atoms with E-state index in [0.29, 0.717) is 10.9 Å². The molecule has 0 saturated heterocycles. The number of anilines is 1. The SMILES string of the molecule is O=C(NCCSc1ncc(-c2ccccc2)[nH]1)C(=O)Nc1ccccc1[N+](=O)[O-]. The number of imidazole rings is 1. The van der Waals surface area contributed by atoms with Crippen molar-refractivity contribution in [1.82, 2.24) is 15.3 Å². The minimum atomic E-state index is -0.964. The van der Waals surface area contributed by atoms with Crippen molar-refractivity contribution in [3.05, 3.63) is 70.9 Å². The second-order valence-electron chi connectivity index (χ2n) is 5.80. The summed E-state index contributed by atoms with van der Waals surface area (Å²) in [7, 11) is 0. The first-order valence-electron chi connectivity index (χ1n) is 8.60. The molecule has 2 aromatic carbocycles. The lowest BCUT2D eigenvalue weighted by atomic mass is 10.2. The molecule has 29 heavy (non-hydrogen) atoms. The van der Waals surface area contributed by atoms with Crippen LogP contribution in [0.15, 0.2) is 66.0 Å². The maximum absolute atomic E-state index is 11.9. The first kappa shape index (κ1) is 20.1. The van der Waals surface area contributed by atoms with Crippen molar-refractivity contribution in [2.45, 2.75) is 5.16 Å². The highest BCUT2D eigenvalue weighted by molar-refractivity contribution is 7.99. The van der Waals surface area contributed by atoms with E-state index in [1.54, 1.807) is 6.20 Å². The summed E-state index contributed by atoms with van der Waals surface area (Å²) in [5.74, 6) is -1.34. The van der Waals surface area contributed by atoms with Gasteiger partial charge in [0.15, 0.2) is 5.16 Å². The van der Waals surface area contributed by atoms with Crippen LogP contribution in [0.25, 0.3) is 11.3 Å². The summed E-state index contributed by atoms with van der Waals surface area (Å²) in [6.07, 6.45) is 1.73. The highest BCUT2D eigenvalue weighted by atomic mass is 32.2. The van der Waals surface area contributed by atoms with Crippen LogP contribution in [0.2, 0.25) is 0 Å². The number of nitrogens with zero attached hydrogens (tertiary/aromatic N) is 2. The molecule has 0 aliphatic heterocycles. The van der Waals surface area contributed by atoms with Gasteiger partial charge < -0.3 is 15.6 Å². The first-order valence-corrected chi connectivity index (χ1v) is 9.59. The summed E-state index contributed by atoms with van der Waals surface area (Å²) >= 11 is 1.40. The fraction of sp³-hybridized carbons (Fsp3) is 0.105. The van der Waals surface area contributed by atoms with E-state index in [1.165, 1.54) is 36.0 Å². The number of aromatic nitrogens is 2. The Morgan fingerprint density at radius 2 is 1.79 bits per heavy atom. The average molecular weight is 411 g/mol. The molecule has 9 nitrogen and oxygen atoms in total. The van der Waals surface area contributed by atoms with Gasteiger partial charge in [-0.2, -0.15) is 0 Å². The molecule has 2 amide bonds. The molecule has 0 spiro atoms. The third kappa shape index (κ3) is 5.42. The molecule has 3 aromatic rings. The summed E-state index contributed by atoms with van der Waals surface area (Å²) in [5, 5.41) is 16.4. The zero-order chi connectivity index (χ0) is 20.6. The molecule has 0 bridgehead atoms. The van der Waals surface area contributed by atoms with Crippen molar-refractivity contribution in [3.8, 4) is 11.3 Å². The molecule has 0 unspecified atom stereocenters. The van der Waals surface area contributed by atoms with E-state index >= 15 is 0 Å². The smallest absolute Gasteiger partial charge is 0.313 e. The highest BCUT2D eigenvalue weighted by Crippen LogP contribution is 2.23. The Hall–Kier alpha value is -3.66. The van der Waals surface area contributed by atoms with Crippen LogP contribution in [0.4, 0.5) is 11.4 Å². The molecule has 148 valence electrons. The number of rotatable bonds is 7. The minimum Gasteiger partial charge on any atom is -0.347 e. The number of hydrogen-bond donors (Lipinski definition) is 3. The van der Waals surface area contributed by atoms with Gasteiger partial charge in [0.05, 0.1) is 16.8 Å². The number of nitro benzene ring substituents is 1. The van der Waals surface area contributed by atoms with Gasteiger partial charge in [0.2, 0.25) is 0 Å². The largest absolute Gasteiger partial charge is 0.347 e. The Morgan fingerprint density at radius 1 is 1.07 bits per heavy atom. The summed E-state index contributed by atoms with van der Waals surface area (Å²) in [6, 6.07) is 15.4. The summed E-state index contributed by atoms with van der Waals surface area (Å²) in [6.45, 7) is 0.231. The number of amides is 2. The van der Waals surface area contributed by atoms with Crippen molar-refractivity contribution in [2.75, 3.05) is 17.6 Å². The minimum absolute atomic E-state index is 0.0314. The van der Waals surface area contributed by atoms with E-state index in [9.17, 15) is 19.7 Å². The third-order valence-electron chi connectivity index (χ3n) is 3.82. The number of nitrogens with one attached hydrogen (secondary N) is 3. The normalized spacial score (nSPS) is 10.3. The van der Waals surface area contributed by atoms with Crippen LogP contribution >= 0.6 is 11.8 Å². The lowest BCUT2D eigenvalue weighted by Gasteiger charge is -2.06. The number of benzene rings is 2. The quantitative estimate of drug-likeness (QED) is 0.180. The van der Waals surface area contributed by atoms with Crippen molar-refractivity contribution >= 4 is 35.0 Å². The zero-order valence-electron chi connectivity index (χ0n) is 15.1. The standard InChI is InChI=1S/C19H17N5O4S/c25-17(18(26)22-14-8-4-5-9-16(14)24(27)28)20-10-11-29-19-21-12-15(23-19)13-6-2-1-3-7-13/h1-9,12H,10-11H2,(H,20,25)(H,21,23)(H,22,26). The molecule has 0 fully saturated rings. The zero-order valence-corrected chi connectivity index (χ0v) is 15.9. The number of nitro groups is 1. The van der Waals surface area contributed by atoms with Gasteiger partial charge in [-0.15, -0.1) is 0 Å². The molecular weight excluding hydrogens is 394 g/mol. The number of aromatic amines is 1. The molecule has 1 aromatic heterocycles. The van der Waals surface area contributed by atoms with E-state index in [-0.39, 0.29) is 17.9 Å². The number of para-hydroxylation sites is 2. The molecule has 1 heterocycles. The van der Waals surface area contributed by atoms with Gasteiger partial charge >= 0.3 is 11.8 Å². The van der Waals surface area contributed by atoms with Crippen LogP contribution in [0, 0.1) is 10.1 Å². The molecule has 3 N–H and O–H groups in total. The number of H-pyrrole nitrogens is 1. The summed E-state index contributed by atoms with van der Waals surface area (Å²) < 4.78 is 0. The van der Waals surface area contributed by atoms with E-state index < -0.39 is 16.7 Å². The third-order valence-corrected chi connectivity index (χ3v) is 4.71. The molecular formula is C19H17N5O4S. The highest BCUT2D eigenvalue weighted by Gasteiger charge is 2.19. The van der Waals surface area contributed by atoms with Crippen molar-refractivity contribution in [1.29, 1.82) is 0 Å². The second-order valence-corrected chi connectivity index (χ2v) is 6.88. The topological polar surface area (TPSA) is 130 Å². The summed E-state index contributed by atoms with van der Waals surface area (Å²) in [4.78, 5) is 41.6. The van der Waals surface area contributed by atoms with Crippen molar-refractivity contribution < 1.29 is 14.5 Å². The van der Waals surface area contributed by atoms with E-state index in [1.807, 2.05) is 30.3 Å². The van der Waals surface area contributed by atoms with Crippen molar-refractivity contribution in [3.63, 3.8) is 0 Å². The maximum Gasteiger partial charge on any atom is 0.313 e. The Kier molecular flexibility index (Phi) is 6.59. The molecule has 0 atom stereocenters. The van der Waals surface area contributed by atoms with Crippen molar-refractivity contribution in [2.24, 2.45) is 0 Å². The van der Waals surface area contributed by atoms with Gasteiger partial charge in [-0.05, 0) is 11.6 Å². The number of carbonyl (C=O) groups is 2. The molecule has 3 rings (SSSR count). The van der Waals surface area contributed by atoms with Gasteiger partial charge in [-0.25, -0.2) is 4.98 Å². The van der Waals surface area contributed by atoms with Crippen LogP contribution < -0.4 is 10.6 Å². The van der Waals surface area contributed by atoms with Gasteiger partial charge in [0.1, 0.15) is 5.69 Å². The molecule has 0 aliphatic carbocycles. The molecule has 0 radical (unpaired) electrons. The fourth-order valence-corrected chi connectivity index (χ4v) is 3.16. The number of hydrogen-bond acceptors (Lipinski definition) is 6. The molecule has 0 saturated carbocycles. The van der Waals surface area contributed by atoms with Crippen LogP contribution in [0.1, 0.15) is 0 Å². The monoisotopic (exact) mass is 411 g/mol. The van der Waals surface area contributed by atoms with Crippen LogP contribution in [0.5, 0.6) is 0 Å². The summed E-state index contributed by atoms with van der Waals surface area (Å²) in [5.41, 5.74) is 1.60. The van der Waals surface area contributed by atoms with E-state index in [2.05, 4.69) is 20.6 Å². The Bertz CT molecular complexity index is 1020. The second kappa shape index (κ2) is 9.51. The van der Waals surface area contributed by atoms with Gasteiger partial charge in [0.25, 0.3) is 5.69 Å². The Morgan fingerprint density at radius 3 is 2.55 bits per heavy atom. The van der Waals surface area contributed by atoms with E-state index in [4.69, 9.17) is 0 Å². The Labute approximate surface area is 170 Å². The van der Waals surface area contributed by atoms with Crippen LogP contribution in [0.3, 0.4) is 0 Å². The van der Waals surface area contributed by atoms with Gasteiger partial charge in [-0.1, -0.05) is 54.2 Å². The fourth-order valence-electron chi connectivity index (χ4n) is 2.45. The first-order chi connectivity index (χ1) is 14.0. The predicted molar refractivity (Wildman–Crippen MR) is 109 cm³/mol. The van der Waals surface area contributed by atoms with Crippen LogP contribution in [-0.4, -0.2) is 39.0 Å².